The number of hydrogen-bond donors (Lipinski definition) is 2. The van der Waals surface area contributed by atoms with E-state index in [2.05, 4.69) is 5.32 Å². The van der Waals surface area contributed by atoms with Gasteiger partial charge in [-0.05, 0) is 41.7 Å². The van der Waals surface area contributed by atoms with E-state index in [0.717, 1.165) is 11.1 Å². The average molecular weight is 285 g/mol. The molecule has 0 spiro atoms. The summed E-state index contributed by atoms with van der Waals surface area (Å²) in [4.78, 5) is 11.8. The largest absolute Gasteiger partial charge is 0.480 e. The Hall–Kier alpha value is -2.20. The van der Waals surface area contributed by atoms with Gasteiger partial charge in [0.25, 0.3) is 0 Å². The van der Waals surface area contributed by atoms with Gasteiger partial charge in [-0.15, -0.1) is 0 Å². The van der Waals surface area contributed by atoms with Crippen molar-refractivity contribution in [2.24, 2.45) is 0 Å². The molecule has 0 fully saturated rings. The van der Waals surface area contributed by atoms with Gasteiger partial charge in [-0.1, -0.05) is 36.4 Å². The van der Waals surface area contributed by atoms with Crippen LogP contribution in [0.3, 0.4) is 0 Å². The molecule has 4 heteroatoms. The summed E-state index contributed by atoms with van der Waals surface area (Å²) in [6, 6.07) is 14.0. The molecule has 0 bridgehead atoms. The third-order valence-electron chi connectivity index (χ3n) is 4.10. The number of carboxylic acid groups (broad SMARTS) is 1. The van der Waals surface area contributed by atoms with Crippen LogP contribution in [0.5, 0.6) is 0 Å². The maximum atomic E-state index is 13.3. The van der Waals surface area contributed by atoms with E-state index in [0.29, 0.717) is 24.9 Å². The van der Waals surface area contributed by atoms with Crippen molar-refractivity contribution >= 4 is 5.97 Å². The molecule has 0 saturated heterocycles. The van der Waals surface area contributed by atoms with Crippen molar-refractivity contribution in [3.63, 3.8) is 0 Å². The normalized spacial score (nSPS) is 20.2. The second-order valence-electron chi connectivity index (χ2n) is 5.35. The SMILES string of the molecule is O=C(O)C1(NCc2ccccc2)CCc2cc(F)ccc21. The van der Waals surface area contributed by atoms with Crippen LogP contribution < -0.4 is 5.32 Å². The lowest BCUT2D eigenvalue weighted by Gasteiger charge is -2.27. The molecule has 1 aliphatic carbocycles. The molecule has 1 aliphatic rings. The topological polar surface area (TPSA) is 49.3 Å². The summed E-state index contributed by atoms with van der Waals surface area (Å²) >= 11 is 0. The monoisotopic (exact) mass is 285 g/mol. The first-order valence-corrected chi connectivity index (χ1v) is 6.93. The second kappa shape index (κ2) is 5.30. The Balaban J connectivity index is 1.91. The molecule has 3 rings (SSSR count). The fourth-order valence-corrected chi connectivity index (χ4v) is 2.97. The van der Waals surface area contributed by atoms with Crippen LogP contribution in [0.25, 0.3) is 0 Å². The number of carboxylic acids is 1. The highest BCUT2D eigenvalue weighted by atomic mass is 19.1. The van der Waals surface area contributed by atoms with Gasteiger partial charge in [0.15, 0.2) is 0 Å². The number of rotatable bonds is 4. The summed E-state index contributed by atoms with van der Waals surface area (Å²) in [7, 11) is 0. The first kappa shape index (κ1) is 13.8. The molecular weight excluding hydrogens is 269 g/mol. The van der Waals surface area contributed by atoms with Crippen molar-refractivity contribution in [3.8, 4) is 0 Å². The summed E-state index contributed by atoms with van der Waals surface area (Å²) in [6.07, 6.45) is 1.01. The Morgan fingerprint density at radius 3 is 2.71 bits per heavy atom. The summed E-state index contributed by atoms with van der Waals surface area (Å²) in [5.41, 5.74) is 1.35. The van der Waals surface area contributed by atoms with Crippen LogP contribution in [0.2, 0.25) is 0 Å². The van der Waals surface area contributed by atoms with Gasteiger partial charge in [0, 0.05) is 6.54 Å². The fraction of sp³-hybridized carbons (Fsp3) is 0.235. The van der Waals surface area contributed by atoms with Crippen molar-refractivity contribution in [2.75, 3.05) is 0 Å². The summed E-state index contributed by atoms with van der Waals surface area (Å²) < 4.78 is 13.3. The number of fused-ring (bicyclic) bond motifs is 1. The van der Waals surface area contributed by atoms with E-state index in [4.69, 9.17) is 0 Å². The molecule has 2 aromatic rings. The Morgan fingerprint density at radius 2 is 2.00 bits per heavy atom. The number of benzene rings is 2. The lowest BCUT2D eigenvalue weighted by Crippen LogP contribution is -2.47. The van der Waals surface area contributed by atoms with Crippen LogP contribution in [0.1, 0.15) is 23.1 Å². The zero-order chi connectivity index (χ0) is 14.9. The maximum absolute atomic E-state index is 13.3. The minimum absolute atomic E-state index is 0.321. The van der Waals surface area contributed by atoms with Gasteiger partial charge >= 0.3 is 5.97 Å². The molecule has 0 radical (unpaired) electrons. The van der Waals surface area contributed by atoms with Gasteiger partial charge in [0.1, 0.15) is 11.4 Å². The van der Waals surface area contributed by atoms with E-state index in [-0.39, 0.29) is 5.82 Å². The summed E-state index contributed by atoms with van der Waals surface area (Å²) in [5.74, 6) is -1.23. The molecular formula is C17H16FNO2. The number of nitrogens with one attached hydrogen (secondary N) is 1. The van der Waals surface area contributed by atoms with E-state index in [9.17, 15) is 14.3 Å². The van der Waals surface area contributed by atoms with Crippen LogP contribution >= 0.6 is 0 Å². The quantitative estimate of drug-likeness (QED) is 0.908. The molecule has 0 amide bonds. The highest BCUT2D eigenvalue weighted by Gasteiger charge is 2.45. The number of aliphatic carboxylic acids is 1. The molecule has 3 nitrogen and oxygen atoms in total. The van der Waals surface area contributed by atoms with Crippen molar-refractivity contribution in [1.29, 1.82) is 0 Å². The van der Waals surface area contributed by atoms with Gasteiger partial charge < -0.3 is 5.11 Å². The molecule has 1 unspecified atom stereocenters. The Bertz CT molecular complexity index is 672. The average Bonchev–Trinajstić information content (AvgIpc) is 2.85. The fourth-order valence-electron chi connectivity index (χ4n) is 2.97. The molecule has 0 saturated carbocycles. The van der Waals surface area contributed by atoms with Gasteiger partial charge in [0.05, 0.1) is 0 Å². The standard InChI is InChI=1S/C17H16FNO2/c18-14-6-7-15-13(10-14)8-9-17(15,16(20)21)19-11-12-4-2-1-3-5-12/h1-7,10,19H,8-9,11H2,(H,20,21). The molecule has 2 aromatic carbocycles. The molecule has 1 atom stereocenters. The molecule has 0 aliphatic heterocycles. The first-order valence-electron chi connectivity index (χ1n) is 6.93. The van der Waals surface area contributed by atoms with E-state index >= 15 is 0 Å². The third-order valence-corrected chi connectivity index (χ3v) is 4.10. The zero-order valence-corrected chi connectivity index (χ0v) is 11.5. The molecule has 21 heavy (non-hydrogen) atoms. The van der Waals surface area contributed by atoms with Crippen molar-refractivity contribution in [1.82, 2.24) is 5.32 Å². The van der Waals surface area contributed by atoms with Crippen molar-refractivity contribution in [2.45, 2.75) is 24.9 Å². The Labute approximate surface area is 122 Å². The summed E-state index contributed by atoms with van der Waals surface area (Å²) in [6.45, 7) is 0.462. The number of hydrogen-bond acceptors (Lipinski definition) is 2. The van der Waals surface area contributed by atoms with Gasteiger partial charge in [0.2, 0.25) is 0 Å². The van der Waals surface area contributed by atoms with E-state index in [1.807, 2.05) is 30.3 Å². The lowest BCUT2D eigenvalue weighted by molar-refractivity contribution is -0.145. The van der Waals surface area contributed by atoms with Crippen molar-refractivity contribution < 1.29 is 14.3 Å². The minimum Gasteiger partial charge on any atom is -0.480 e. The van der Waals surface area contributed by atoms with Crippen molar-refractivity contribution in [3.05, 3.63) is 71.0 Å². The third kappa shape index (κ3) is 2.43. The predicted molar refractivity (Wildman–Crippen MR) is 77.3 cm³/mol. The smallest absolute Gasteiger partial charge is 0.328 e. The highest BCUT2D eigenvalue weighted by molar-refractivity contribution is 5.82. The molecule has 2 N–H and O–H groups in total. The molecule has 0 heterocycles. The number of halogens is 1. The molecule has 108 valence electrons. The number of aryl methyl sites for hydroxylation is 1. The summed E-state index contributed by atoms with van der Waals surface area (Å²) in [5, 5.41) is 12.9. The van der Waals surface area contributed by atoms with Crippen LogP contribution in [-0.2, 0) is 23.3 Å². The zero-order valence-electron chi connectivity index (χ0n) is 11.5. The number of carbonyl (C=O) groups is 1. The maximum Gasteiger partial charge on any atom is 0.328 e. The van der Waals surface area contributed by atoms with Crippen LogP contribution in [0.15, 0.2) is 48.5 Å². The minimum atomic E-state index is -1.13. The van der Waals surface area contributed by atoms with Gasteiger partial charge in [-0.25, -0.2) is 9.18 Å². The molecule has 0 aromatic heterocycles. The van der Waals surface area contributed by atoms with Gasteiger partial charge in [-0.3, -0.25) is 5.32 Å². The highest BCUT2D eigenvalue weighted by Crippen LogP contribution is 2.37. The van der Waals surface area contributed by atoms with E-state index in [1.54, 1.807) is 6.07 Å². The van der Waals surface area contributed by atoms with Crippen LogP contribution in [0.4, 0.5) is 4.39 Å². The Morgan fingerprint density at radius 1 is 1.24 bits per heavy atom. The van der Waals surface area contributed by atoms with Crippen LogP contribution in [-0.4, -0.2) is 11.1 Å². The van der Waals surface area contributed by atoms with E-state index < -0.39 is 11.5 Å². The predicted octanol–water partition coefficient (Wildman–Crippen LogP) is 2.84. The lowest BCUT2D eigenvalue weighted by atomic mass is 9.91. The van der Waals surface area contributed by atoms with Crippen LogP contribution in [0, 0.1) is 5.82 Å². The van der Waals surface area contributed by atoms with E-state index in [1.165, 1.54) is 12.1 Å². The second-order valence-corrected chi connectivity index (χ2v) is 5.35. The Kier molecular flexibility index (Phi) is 3.47. The first-order chi connectivity index (χ1) is 10.1. The van der Waals surface area contributed by atoms with Gasteiger partial charge in [-0.2, -0.15) is 0 Å².